The zero-order valence-corrected chi connectivity index (χ0v) is 11.6. The van der Waals surface area contributed by atoms with Gasteiger partial charge in [0.2, 0.25) is 5.75 Å². The molecule has 1 atom stereocenters. The van der Waals surface area contributed by atoms with Crippen LogP contribution in [0.1, 0.15) is 19.4 Å². The Morgan fingerprint density at radius 3 is 1.94 bits per heavy atom. The van der Waals surface area contributed by atoms with E-state index in [2.05, 4.69) is 0 Å². The molecule has 0 aliphatic heterocycles. The van der Waals surface area contributed by atoms with E-state index in [4.69, 9.17) is 19.9 Å². The van der Waals surface area contributed by atoms with Crippen molar-refractivity contribution < 1.29 is 14.2 Å². The zero-order valence-electron chi connectivity index (χ0n) is 11.6. The van der Waals surface area contributed by atoms with Crippen molar-refractivity contribution >= 4 is 6.08 Å². The van der Waals surface area contributed by atoms with Gasteiger partial charge >= 0.3 is 0 Å². The lowest BCUT2D eigenvalue weighted by Gasteiger charge is -2.13. The summed E-state index contributed by atoms with van der Waals surface area (Å²) in [5.74, 6) is 1.87. The monoisotopic (exact) mass is 251 g/mol. The van der Waals surface area contributed by atoms with E-state index in [0.29, 0.717) is 17.2 Å². The Balaban J connectivity index is 3.27. The second kappa shape index (κ2) is 6.31. The maximum absolute atomic E-state index is 5.83. The third-order valence-corrected chi connectivity index (χ3v) is 2.80. The molecule has 0 radical (unpaired) electrons. The second-order valence-electron chi connectivity index (χ2n) is 4.14. The van der Waals surface area contributed by atoms with Crippen molar-refractivity contribution in [3.63, 3.8) is 0 Å². The molecule has 0 saturated carbocycles. The van der Waals surface area contributed by atoms with Crippen molar-refractivity contribution in [2.24, 2.45) is 5.73 Å². The number of rotatable bonds is 5. The minimum atomic E-state index is 0.0177. The van der Waals surface area contributed by atoms with Crippen LogP contribution in [0.15, 0.2) is 17.7 Å². The Labute approximate surface area is 108 Å². The standard InChI is InChI=1S/C14H21NO3/c1-9(10(2)15)6-11-7-12(16-3)14(18-5)13(8-11)17-4/h6-8,10H,15H2,1-5H3/b9-6-. The summed E-state index contributed by atoms with van der Waals surface area (Å²) in [5.41, 5.74) is 7.88. The van der Waals surface area contributed by atoms with Gasteiger partial charge in [-0.1, -0.05) is 11.6 Å². The molecule has 1 unspecified atom stereocenters. The topological polar surface area (TPSA) is 53.7 Å². The summed E-state index contributed by atoms with van der Waals surface area (Å²) < 4.78 is 15.9. The van der Waals surface area contributed by atoms with Crippen LogP contribution in [0.5, 0.6) is 17.2 Å². The van der Waals surface area contributed by atoms with Crippen molar-refractivity contribution in [2.75, 3.05) is 21.3 Å². The van der Waals surface area contributed by atoms with E-state index in [0.717, 1.165) is 11.1 Å². The number of hydrogen-bond donors (Lipinski definition) is 1. The molecule has 0 aliphatic rings. The highest BCUT2D eigenvalue weighted by Crippen LogP contribution is 2.38. The first-order valence-corrected chi connectivity index (χ1v) is 5.77. The van der Waals surface area contributed by atoms with Crippen LogP contribution >= 0.6 is 0 Å². The maximum atomic E-state index is 5.83. The van der Waals surface area contributed by atoms with Gasteiger partial charge in [-0.15, -0.1) is 0 Å². The number of benzene rings is 1. The summed E-state index contributed by atoms with van der Waals surface area (Å²) >= 11 is 0. The highest BCUT2D eigenvalue weighted by molar-refractivity contribution is 5.63. The van der Waals surface area contributed by atoms with E-state index >= 15 is 0 Å². The fraction of sp³-hybridized carbons (Fsp3) is 0.429. The lowest BCUT2D eigenvalue weighted by Crippen LogP contribution is -2.15. The molecular formula is C14H21NO3. The molecule has 4 heteroatoms. The number of nitrogens with two attached hydrogens (primary N) is 1. The molecule has 4 nitrogen and oxygen atoms in total. The molecule has 0 amide bonds. The predicted octanol–water partition coefficient (Wildman–Crippen LogP) is 2.46. The number of hydrogen-bond acceptors (Lipinski definition) is 4. The summed E-state index contributed by atoms with van der Waals surface area (Å²) in [5, 5.41) is 0. The minimum absolute atomic E-state index is 0.0177. The summed E-state index contributed by atoms with van der Waals surface area (Å²) in [6, 6.07) is 3.81. The van der Waals surface area contributed by atoms with Gasteiger partial charge in [0.1, 0.15) is 0 Å². The third-order valence-electron chi connectivity index (χ3n) is 2.80. The van der Waals surface area contributed by atoms with E-state index < -0.39 is 0 Å². The van der Waals surface area contributed by atoms with Crippen LogP contribution < -0.4 is 19.9 Å². The smallest absolute Gasteiger partial charge is 0.203 e. The van der Waals surface area contributed by atoms with Crippen LogP contribution in [-0.2, 0) is 0 Å². The van der Waals surface area contributed by atoms with Gasteiger partial charge in [-0.3, -0.25) is 0 Å². The van der Waals surface area contributed by atoms with Crippen LogP contribution in [0.3, 0.4) is 0 Å². The highest BCUT2D eigenvalue weighted by atomic mass is 16.5. The van der Waals surface area contributed by atoms with E-state index in [1.165, 1.54) is 0 Å². The van der Waals surface area contributed by atoms with Crippen LogP contribution in [0, 0.1) is 0 Å². The van der Waals surface area contributed by atoms with Crippen molar-refractivity contribution in [3.8, 4) is 17.2 Å². The fourth-order valence-corrected chi connectivity index (χ4v) is 1.58. The van der Waals surface area contributed by atoms with Gasteiger partial charge in [-0.25, -0.2) is 0 Å². The Morgan fingerprint density at radius 2 is 1.61 bits per heavy atom. The van der Waals surface area contributed by atoms with E-state index in [1.807, 2.05) is 32.1 Å². The first kappa shape index (κ1) is 14.4. The number of ether oxygens (including phenoxy) is 3. The largest absolute Gasteiger partial charge is 0.493 e. The molecule has 0 bridgehead atoms. The van der Waals surface area contributed by atoms with Crippen LogP contribution in [0.4, 0.5) is 0 Å². The van der Waals surface area contributed by atoms with Gasteiger partial charge in [0.25, 0.3) is 0 Å². The Bertz CT molecular complexity index is 414. The zero-order chi connectivity index (χ0) is 13.7. The van der Waals surface area contributed by atoms with Gasteiger partial charge in [0, 0.05) is 6.04 Å². The average molecular weight is 251 g/mol. The predicted molar refractivity (Wildman–Crippen MR) is 73.4 cm³/mol. The fourth-order valence-electron chi connectivity index (χ4n) is 1.58. The SMILES string of the molecule is COc1cc(/C=C(/C)C(C)N)cc(OC)c1OC. The van der Waals surface area contributed by atoms with E-state index in [1.54, 1.807) is 21.3 Å². The summed E-state index contributed by atoms with van der Waals surface area (Å²) in [7, 11) is 4.79. The maximum Gasteiger partial charge on any atom is 0.203 e. The summed E-state index contributed by atoms with van der Waals surface area (Å²) in [6.45, 7) is 3.94. The second-order valence-corrected chi connectivity index (χ2v) is 4.14. The van der Waals surface area contributed by atoms with Crippen LogP contribution in [0.25, 0.3) is 6.08 Å². The van der Waals surface area contributed by atoms with Gasteiger partial charge < -0.3 is 19.9 Å². The minimum Gasteiger partial charge on any atom is -0.493 e. The quantitative estimate of drug-likeness (QED) is 0.873. The molecule has 1 rings (SSSR count). The molecule has 0 aliphatic carbocycles. The first-order chi connectivity index (χ1) is 8.53. The van der Waals surface area contributed by atoms with Gasteiger partial charge in [-0.05, 0) is 31.5 Å². The molecule has 18 heavy (non-hydrogen) atoms. The molecule has 0 spiro atoms. The van der Waals surface area contributed by atoms with E-state index in [-0.39, 0.29) is 6.04 Å². The van der Waals surface area contributed by atoms with Crippen LogP contribution in [0.2, 0.25) is 0 Å². The normalized spacial score (nSPS) is 13.1. The first-order valence-electron chi connectivity index (χ1n) is 5.77. The summed E-state index contributed by atoms with van der Waals surface area (Å²) in [4.78, 5) is 0. The third kappa shape index (κ3) is 3.17. The molecule has 100 valence electrons. The van der Waals surface area contributed by atoms with Crippen molar-refractivity contribution in [3.05, 3.63) is 23.3 Å². The van der Waals surface area contributed by atoms with Crippen LogP contribution in [-0.4, -0.2) is 27.4 Å². The molecule has 0 fully saturated rings. The van der Waals surface area contributed by atoms with Gasteiger partial charge in [-0.2, -0.15) is 0 Å². The molecule has 2 N–H and O–H groups in total. The van der Waals surface area contributed by atoms with Crippen molar-refractivity contribution in [2.45, 2.75) is 19.9 Å². The Morgan fingerprint density at radius 1 is 1.11 bits per heavy atom. The molecule has 1 aromatic carbocycles. The molecule has 0 aromatic heterocycles. The molecular weight excluding hydrogens is 230 g/mol. The molecule has 1 aromatic rings. The molecule has 0 saturated heterocycles. The lowest BCUT2D eigenvalue weighted by atomic mass is 10.1. The van der Waals surface area contributed by atoms with Gasteiger partial charge in [0.05, 0.1) is 21.3 Å². The van der Waals surface area contributed by atoms with Crippen molar-refractivity contribution in [1.29, 1.82) is 0 Å². The van der Waals surface area contributed by atoms with E-state index in [9.17, 15) is 0 Å². The average Bonchev–Trinajstić information content (AvgIpc) is 2.37. The van der Waals surface area contributed by atoms with Crippen molar-refractivity contribution in [1.82, 2.24) is 0 Å². The Hall–Kier alpha value is -1.68. The molecule has 0 heterocycles. The highest BCUT2D eigenvalue weighted by Gasteiger charge is 2.12. The van der Waals surface area contributed by atoms with Gasteiger partial charge in [0.15, 0.2) is 11.5 Å². The lowest BCUT2D eigenvalue weighted by molar-refractivity contribution is 0.324. The number of methoxy groups -OCH3 is 3. The summed E-state index contributed by atoms with van der Waals surface area (Å²) in [6.07, 6.45) is 2.01. The Kier molecular flexibility index (Phi) is 5.04.